The van der Waals surface area contributed by atoms with Gasteiger partial charge in [-0.15, -0.1) is 0 Å². The Morgan fingerprint density at radius 2 is 2.00 bits per heavy atom. The molecular weight excluding hydrogens is 198 g/mol. The highest BCUT2D eigenvalue weighted by molar-refractivity contribution is 6.31. The van der Waals surface area contributed by atoms with E-state index in [1.807, 2.05) is 13.8 Å². The van der Waals surface area contributed by atoms with Crippen molar-refractivity contribution in [3.05, 3.63) is 28.5 Å². The summed E-state index contributed by atoms with van der Waals surface area (Å²) in [5.41, 5.74) is 0.734. The first-order valence-electron chi connectivity index (χ1n) is 4.70. The molecule has 1 aromatic heterocycles. The molecule has 1 N–H and O–H groups in total. The van der Waals surface area contributed by atoms with Gasteiger partial charge in [0, 0.05) is 11.8 Å². The molecule has 1 aromatic rings. The molecule has 0 spiro atoms. The number of nitrogens with zero attached hydrogens (tertiary/aromatic N) is 1. The van der Waals surface area contributed by atoms with Gasteiger partial charge in [0.1, 0.15) is 0 Å². The summed E-state index contributed by atoms with van der Waals surface area (Å²) in [5, 5.41) is 10.4. The number of aliphatic hydroxyl groups is 1. The van der Waals surface area contributed by atoms with Crippen molar-refractivity contribution in [1.82, 2.24) is 4.98 Å². The Labute approximate surface area is 89.9 Å². The van der Waals surface area contributed by atoms with Crippen LogP contribution < -0.4 is 0 Å². The molecule has 1 heterocycles. The van der Waals surface area contributed by atoms with Crippen molar-refractivity contribution >= 4 is 11.6 Å². The molecule has 0 fully saturated rings. The lowest BCUT2D eigenvalue weighted by Crippen LogP contribution is -2.16. The highest BCUT2D eigenvalue weighted by Crippen LogP contribution is 2.27. The van der Waals surface area contributed by atoms with Gasteiger partial charge in [0.2, 0.25) is 0 Å². The van der Waals surface area contributed by atoms with E-state index in [0.29, 0.717) is 10.9 Å². The van der Waals surface area contributed by atoms with Crippen LogP contribution in [-0.2, 0) is 5.60 Å². The number of hydrogen-bond acceptors (Lipinski definition) is 2. The summed E-state index contributed by atoms with van der Waals surface area (Å²) in [4.78, 5) is 4.25. The van der Waals surface area contributed by atoms with E-state index in [2.05, 4.69) is 4.98 Å². The fourth-order valence-electron chi connectivity index (χ4n) is 1.21. The first-order chi connectivity index (χ1) is 6.32. The third-order valence-corrected chi connectivity index (χ3v) is 2.43. The van der Waals surface area contributed by atoms with Crippen molar-refractivity contribution < 1.29 is 5.11 Å². The van der Waals surface area contributed by atoms with Crippen LogP contribution in [0.15, 0.2) is 12.3 Å². The molecule has 0 radical (unpaired) electrons. The zero-order chi connectivity index (χ0) is 10.9. The van der Waals surface area contributed by atoms with Gasteiger partial charge < -0.3 is 5.11 Å². The van der Waals surface area contributed by atoms with Crippen molar-refractivity contribution in [2.45, 2.75) is 39.2 Å². The van der Waals surface area contributed by atoms with Crippen LogP contribution in [0.1, 0.15) is 44.9 Å². The van der Waals surface area contributed by atoms with Crippen LogP contribution >= 0.6 is 11.6 Å². The molecule has 3 heteroatoms. The Morgan fingerprint density at radius 1 is 1.43 bits per heavy atom. The van der Waals surface area contributed by atoms with E-state index < -0.39 is 5.60 Å². The average molecular weight is 214 g/mol. The van der Waals surface area contributed by atoms with Crippen molar-refractivity contribution in [3.63, 3.8) is 0 Å². The number of hydrogen-bond donors (Lipinski definition) is 1. The fraction of sp³-hybridized carbons (Fsp3) is 0.545. The van der Waals surface area contributed by atoms with Crippen LogP contribution in [0.5, 0.6) is 0 Å². The maximum Gasteiger partial charge on any atom is 0.0855 e. The Kier molecular flexibility index (Phi) is 3.17. The van der Waals surface area contributed by atoms with Crippen LogP contribution in [0.3, 0.4) is 0 Å². The third kappa shape index (κ3) is 2.46. The summed E-state index contributed by atoms with van der Waals surface area (Å²) in [7, 11) is 0. The molecule has 0 aliphatic carbocycles. The number of pyridine rings is 1. The van der Waals surface area contributed by atoms with Gasteiger partial charge in [-0.1, -0.05) is 25.4 Å². The van der Waals surface area contributed by atoms with E-state index in [1.165, 1.54) is 0 Å². The minimum atomic E-state index is -0.883. The van der Waals surface area contributed by atoms with Gasteiger partial charge in [-0.05, 0) is 25.8 Å². The zero-order valence-corrected chi connectivity index (χ0v) is 9.76. The molecule has 1 rings (SSSR count). The smallest absolute Gasteiger partial charge is 0.0855 e. The molecule has 14 heavy (non-hydrogen) atoms. The molecule has 0 saturated carbocycles. The van der Waals surface area contributed by atoms with E-state index in [0.717, 1.165) is 11.3 Å². The second-order valence-corrected chi connectivity index (χ2v) is 4.71. The van der Waals surface area contributed by atoms with E-state index in [9.17, 15) is 5.11 Å². The summed E-state index contributed by atoms with van der Waals surface area (Å²) in [6, 6.07) is 1.78. The first kappa shape index (κ1) is 11.5. The van der Waals surface area contributed by atoms with Crippen molar-refractivity contribution in [3.8, 4) is 0 Å². The van der Waals surface area contributed by atoms with Gasteiger partial charge in [0.05, 0.1) is 16.3 Å². The monoisotopic (exact) mass is 213 g/mol. The Morgan fingerprint density at radius 3 is 2.36 bits per heavy atom. The Hall–Kier alpha value is -0.600. The highest BCUT2D eigenvalue weighted by Gasteiger charge is 2.18. The molecule has 0 bridgehead atoms. The van der Waals surface area contributed by atoms with Gasteiger partial charge in [0.25, 0.3) is 0 Å². The largest absolute Gasteiger partial charge is 0.386 e. The van der Waals surface area contributed by atoms with Crippen LogP contribution in [0.4, 0.5) is 0 Å². The quantitative estimate of drug-likeness (QED) is 0.819. The number of aromatic nitrogens is 1. The number of halogens is 1. The maximum absolute atomic E-state index is 9.74. The summed E-state index contributed by atoms with van der Waals surface area (Å²) in [6.45, 7) is 7.51. The second-order valence-electron chi connectivity index (χ2n) is 4.30. The lowest BCUT2D eigenvalue weighted by atomic mass is 9.99. The van der Waals surface area contributed by atoms with Gasteiger partial charge in [0.15, 0.2) is 0 Å². The van der Waals surface area contributed by atoms with Gasteiger partial charge in [-0.2, -0.15) is 0 Å². The summed E-state index contributed by atoms with van der Waals surface area (Å²) < 4.78 is 0. The lowest BCUT2D eigenvalue weighted by Gasteiger charge is -2.18. The molecule has 0 aliphatic heterocycles. The van der Waals surface area contributed by atoms with Crippen molar-refractivity contribution in [2.24, 2.45) is 0 Å². The van der Waals surface area contributed by atoms with Gasteiger partial charge in [-0.25, -0.2) is 0 Å². The third-order valence-electron chi connectivity index (χ3n) is 2.12. The van der Waals surface area contributed by atoms with Crippen LogP contribution in [0, 0.1) is 0 Å². The van der Waals surface area contributed by atoms with Crippen molar-refractivity contribution in [2.75, 3.05) is 0 Å². The maximum atomic E-state index is 9.74. The minimum absolute atomic E-state index is 0.304. The molecule has 0 aromatic carbocycles. The normalized spacial score (nSPS) is 12.2. The van der Waals surface area contributed by atoms with E-state index in [-0.39, 0.29) is 0 Å². The van der Waals surface area contributed by atoms with Crippen LogP contribution in [0.25, 0.3) is 0 Å². The average Bonchev–Trinajstić information content (AvgIpc) is 2.01. The standard InChI is InChI=1S/C11H16ClNO/c1-7(2)10-9(12)5-8(6-13-10)11(3,4)14/h5-7,14H,1-4H3. The second kappa shape index (κ2) is 3.87. The topological polar surface area (TPSA) is 33.1 Å². The molecule has 0 unspecified atom stereocenters. The minimum Gasteiger partial charge on any atom is -0.386 e. The zero-order valence-electron chi connectivity index (χ0n) is 9.00. The molecular formula is C11H16ClNO. The van der Waals surface area contributed by atoms with Crippen LogP contribution in [0.2, 0.25) is 5.02 Å². The molecule has 0 saturated heterocycles. The molecule has 2 nitrogen and oxygen atoms in total. The predicted molar refractivity (Wildman–Crippen MR) is 58.6 cm³/mol. The summed E-state index contributed by atoms with van der Waals surface area (Å²) >= 11 is 6.06. The molecule has 0 aliphatic rings. The Bertz CT molecular complexity index is 329. The predicted octanol–water partition coefficient (Wildman–Crippen LogP) is 3.09. The first-order valence-corrected chi connectivity index (χ1v) is 5.08. The van der Waals surface area contributed by atoms with E-state index in [1.54, 1.807) is 26.1 Å². The van der Waals surface area contributed by atoms with Gasteiger partial charge >= 0.3 is 0 Å². The molecule has 78 valence electrons. The molecule has 0 atom stereocenters. The Balaban J connectivity index is 3.13. The highest BCUT2D eigenvalue weighted by atomic mass is 35.5. The molecule has 0 amide bonds. The SMILES string of the molecule is CC(C)c1ncc(C(C)(C)O)cc1Cl. The summed E-state index contributed by atoms with van der Waals surface area (Å²) in [5.74, 6) is 0.304. The number of rotatable bonds is 2. The van der Waals surface area contributed by atoms with Crippen LogP contribution in [-0.4, -0.2) is 10.1 Å². The van der Waals surface area contributed by atoms with E-state index in [4.69, 9.17) is 11.6 Å². The summed E-state index contributed by atoms with van der Waals surface area (Å²) in [6.07, 6.45) is 1.68. The van der Waals surface area contributed by atoms with Crippen molar-refractivity contribution in [1.29, 1.82) is 0 Å². The lowest BCUT2D eigenvalue weighted by molar-refractivity contribution is 0.0782. The van der Waals surface area contributed by atoms with E-state index >= 15 is 0 Å². The van der Waals surface area contributed by atoms with Gasteiger partial charge in [-0.3, -0.25) is 4.98 Å². The fourth-order valence-corrected chi connectivity index (χ4v) is 1.59.